The highest BCUT2D eigenvalue weighted by atomic mass is 19.4. The molecule has 0 aromatic carbocycles. The Labute approximate surface area is 100 Å². The second kappa shape index (κ2) is 5.83. The minimum Gasteiger partial charge on any atom is -0.370 e. The normalized spacial score (nSPS) is 11.7. The molecule has 1 rings (SSSR count). The molecular formula is C10H12F5N3. The molecule has 0 fully saturated rings. The summed E-state index contributed by atoms with van der Waals surface area (Å²) < 4.78 is 61.6. The quantitative estimate of drug-likeness (QED) is 0.806. The molecule has 0 aliphatic heterocycles. The molecule has 0 amide bonds. The molecule has 18 heavy (non-hydrogen) atoms. The number of anilines is 2. The second-order valence-electron chi connectivity index (χ2n) is 3.43. The van der Waals surface area contributed by atoms with Crippen LogP contribution in [0.5, 0.6) is 0 Å². The summed E-state index contributed by atoms with van der Waals surface area (Å²) in [5.41, 5.74) is -0.940. The van der Waals surface area contributed by atoms with E-state index in [9.17, 15) is 22.0 Å². The molecule has 102 valence electrons. The topological polar surface area (TPSA) is 37.0 Å². The van der Waals surface area contributed by atoms with E-state index in [-0.39, 0.29) is 11.6 Å². The van der Waals surface area contributed by atoms with Gasteiger partial charge in [-0.05, 0) is 19.1 Å². The number of hydrogen-bond acceptors (Lipinski definition) is 3. The molecule has 1 aromatic rings. The van der Waals surface area contributed by atoms with Gasteiger partial charge in [-0.3, -0.25) is 0 Å². The molecule has 0 radical (unpaired) electrons. The lowest BCUT2D eigenvalue weighted by Gasteiger charge is -2.13. The van der Waals surface area contributed by atoms with E-state index in [4.69, 9.17) is 0 Å². The molecule has 2 N–H and O–H groups in total. The lowest BCUT2D eigenvalue weighted by Crippen LogP contribution is -2.14. The molecule has 0 bridgehead atoms. The SMILES string of the molecule is CCNc1cc(C(F)(F)F)cc(NCC(F)F)n1. The summed E-state index contributed by atoms with van der Waals surface area (Å²) in [6, 6.07) is 1.53. The fourth-order valence-corrected chi connectivity index (χ4v) is 1.24. The number of hydrogen-bond donors (Lipinski definition) is 2. The van der Waals surface area contributed by atoms with Crippen molar-refractivity contribution in [3.05, 3.63) is 17.7 Å². The summed E-state index contributed by atoms with van der Waals surface area (Å²) in [5.74, 6) is -0.245. The van der Waals surface area contributed by atoms with Crippen molar-refractivity contribution in [3.63, 3.8) is 0 Å². The van der Waals surface area contributed by atoms with Crippen LogP contribution in [0, 0.1) is 0 Å². The molecule has 0 saturated carbocycles. The second-order valence-corrected chi connectivity index (χ2v) is 3.43. The lowest BCUT2D eigenvalue weighted by atomic mass is 10.2. The van der Waals surface area contributed by atoms with Gasteiger partial charge in [0.1, 0.15) is 11.6 Å². The zero-order chi connectivity index (χ0) is 13.8. The van der Waals surface area contributed by atoms with Gasteiger partial charge in [0.2, 0.25) is 0 Å². The zero-order valence-corrected chi connectivity index (χ0v) is 9.48. The Morgan fingerprint density at radius 3 is 2.17 bits per heavy atom. The summed E-state index contributed by atoms with van der Waals surface area (Å²) >= 11 is 0. The number of alkyl halides is 5. The third-order valence-corrected chi connectivity index (χ3v) is 1.95. The summed E-state index contributed by atoms with van der Waals surface area (Å²) in [6.45, 7) is 1.32. The van der Waals surface area contributed by atoms with E-state index >= 15 is 0 Å². The summed E-state index contributed by atoms with van der Waals surface area (Å²) in [4.78, 5) is 3.75. The number of halogens is 5. The van der Waals surface area contributed by atoms with Gasteiger partial charge in [0.05, 0.1) is 12.1 Å². The number of pyridine rings is 1. The maximum atomic E-state index is 12.6. The first-order valence-corrected chi connectivity index (χ1v) is 5.18. The van der Waals surface area contributed by atoms with E-state index in [1.165, 1.54) is 0 Å². The lowest BCUT2D eigenvalue weighted by molar-refractivity contribution is -0.137. The van der Waals surface area contributed by atoms with Crippen molar-refractivity contribution in [2.45, 2.75) is 19.5 Å². The van der Waals surface area contributed by atoms with Crippen molar-refractivity contribution < 1.29 is 22.0 Å². The van der Waals surface area contributed by atoms with E-state index in [2.05, 4.69) is 15.6 Å². The van der Waals surface area contributed by atoms with E-state index in [1.807, 2.05) is 0 Å². The molecule has 0 unspecified atom stereocenters. The average Bonchev–Trinajstić information content (AvgIpc) is 2.25. The summed E-state index contributed by atoms with van der Waals surface area (Å²) in [6.07, 6.45) is -7.21. The van der Waals surface area contributed by atoms with Crippen LogP contribution < -0.4 is 10.6 Å². The number of rotatable bonds is 5. The Bertz CT molecular complexity index is 392. The Kier molecular flexibility index (Phi) is 4.69. The smallest absolute Gasteiger partial charge is 0.370 e. The molecule has 8 heteroatoms. The molecule has 0 saturated heterocycles. The first-order chi connectivity index (χ1) is 8.32. The summed E-state index contributed by atoms with van der Waals surface area (Å²) in [7, 11) is 0. The van der Waals surface area contributed by atoms with Crippen LogP contribution >= 0.6 is 0 Å². The molecule has 1 aromatic heterocycles. The van der Waals surface area contributed by atoms with Gasteiger partial charge in [0.25, 0.3) is 6.43 Å². The van der Waals surface area contributed by atoms with Crippen molar-refractivity contribution >= 4 is 11.6 Å². The maximum Gasteiger partial charge on any atom is 0.416 e. The number of aromatic nitrogens is 1. The molecule has 0 atom stereocenters. The highest BCUT2D eigenvalue weighted by Gasteiger charge is 2.31. The highest BCUT2D eigenvalue weighted by molar-refractivity contribution is 5.49. The largest absolute Gasteiger partial charge is 0.416 e. The fourth-order valence-electron chi connectivity index (χ4n) is 1.24. The van der Waals surface area contributed by atoms with Crippen LogP contribution in [0.2, 0.25) is 0 Å². The monoisotopic (exact) mass is 269 g/mol. The van der Waals surface area contributed by atoms with Crippen molar-refractivity contribution in [1.82, 2.24) is 4.98 Å². The van der Waals surface area contributed by atoms with Crippen molar-refractivity contribution in [2.75, 3.05) is 23.7 Å². The van der Waals surface area contributed by atoms with Crippen LogP contribution in [0.25, 0.3) is 0 Å². The van der Waals surface area contributed by atoms with Crippen molar-refractivity contribution in [1.29, 1.82) is 0 Å². The van der Waals surface area contributed by atoms with Crippen LogP contribution in [0.3, 0.4) is 0 Å². The third kappa shape index (κ3) is 4.34. The van der Waals surface area contributed by atoms with Gasteiger partial charge < -0.3 is 10.6 Å². The Morgan fingerprint density at radius 2 is 1.72 bits per heavy atom. The van der Waals surface area contributed by atoms with E-state index < -0.39 is 24.7 Å². The van der Waals surface area contributed by atoms with Gasteiger partial charge in [-0.1, -0.05) is 0 Å². The Morgan fingerprint density at radius 1 is 1.17 bits per heavy atom. The van der Waals surface area contributed by atoms with E-state index in [1.54, 1.807) is 6.92 Å². The Hall–Kier alpha value is -1.60. The predicted octanol–water partition coefficient (Wildman–Crippen LogP) is 3.21. The van der Waals surface area contributed by atoms with Crippen LogP contribution in [0.4, 0.5) is 33.6 Å². The zero-order valence-electron chi connectivity index (χ0n) is 9.48. The number of nitrogens with one attached hydrogen (secondary N) is 2. The molecule has 3 nitrogen and oxygen atoms in total. The van der Waals surface area contributed by atoms with Gasteiger partial charge in [0.15, 0.2) is 0 Å². The third-order valence-electron chi connectivity index (χ3n) is 1.95. The van der Waals surface area contributed by atoms with Gasteiger partial charge in [-0.2, -0.15) is 13.2 Å². The standard InChI is InChI=1S/C10H12F5N3/c1-2-16-8-3-6(10(13,14)15)4-9(18-8)17-5-7(11)12/h3-4,7H,2,5H2,1H3,(H2,16,17,18). The highest BCUT2D eigenvalue weighted by Crippen LogP contribution is 2.32. The summed E-state index contributed by atoms with van der Waals surface area (Å²) in [5, 5.41) is 4.76. The van der Waals surface area contributed by atoms with Gasteiger partial charge in [-0.25, -0.2) is 13.8 Å². The first kappa shape index (κ1) is 14.5. The van der Waals surface area contributed by atoms with Crippen molar-refractivity contribution in [2.24, 2.45) is 0 Å². The molecule has 0 aliphatic rings. The maximum absolute atomic E-state index is 12.6. The van der Waals surface area contributed by atoms with Gasteiger partial charge >= 0.3 is 6.18 Å². The molecule has 0 aliphatic carbocycles. The molecular weight excluding hydrogens is 257 g/mol. The van der Waals surface area contributed by atoms with Crippen molar-refractivity contribution in [3.8, 4) is 0 Å². The average molecular weight is 269 g/mol. The Balaban J connectivity index is 2.98. The van der Waals surface area contributed by atoms with Crippen LogP contribution in [0.15, 0.2) is 12.1 Å². The van der Waals surface area contributed by atoms with E-state index in [0.717, 1.165) is 6.07 Å². The predicted molar refractivity (Wildman–Crippen MR) is 57.9 cm³/mol. The molecule has 0 spiro atoms. The van der Waals surface area contributed by atoms with E-state index in [0.29, 0.717) is 12.6 Å². The number of nitrogens with zero attached hydrogens (tertiary/aromatic N) is 1. The minimum absolute atomic E-state index is 0.0101. The van der Waals surface area contributed by atoms with Crippen LogP contribution in [0.1, 0.15) is 12.5 Å². The van der Waals surface area contributed by atoms with Crippen LogP contribution in [-0.2, 0) is 6.18 Å². The first-order valence-electron chi connectivity index (χ1n) is 5.18. The molecule has 1 heterocycles. The van der Waals surface area contributed by atoms with Gasteiger partial charge in [-0.15, -0.1) is 0 Å². The van der Waals surface area contributed by atoms with Gasteiger partial charge in [0, 0.05) is 6.54 Å². The van der Waals surface area contributed by atoms with Crippen LogP contribution in [-0.4, -0.2) is 24.5 Å². The minimum atomic E-state index is -4.55. The fraction of sp³-hybridized carbons (Fsp3) is 0.500.